The number of likely N-dealkylation sites (N-methyl/N-ethyl adjacent to an activating group) is 1. The van der Waals surface area contributed by atoms with Crippen molar-refractivity contribution < 1.29 is 13.2 Å². The minimum Gasteiger partial charge on any atom is -0.351 e. The van der Waals surface area contributed by atoms with Crippen molar-refractivity contribution in [2.45, 2.75) is 38.3 Å². The number of rotatable bonds is 7. The highest BCUT2D eigenvalue weighted by Crippen LogP contribution is 2.21. The molecule has 0 spiro atoms. The smallest absolute Gasteiger partial charge is 0.243 e. The number of nitrogens with zero attached hydrogens (tertiary/aromatic N) is 4. The van der Waals surface area contributed by atoms with E-state index in [2.05, 4.69) is 15.6 Å². The first kappa shape index (κ1) is 20.9. The maximum absolute atomic E-state index is 12.9. The second-order valence-corrected chi connectivity index (χ2v) is 9.35. The third kappa shape index (κ3) is 4.63. The molecule has 0 atom stereocenters. The van der Waals surface area contributed by atoms with Crippen molar-refractivity contribution in [3.8, 4) is 0 Å². The fourth-order valence-corrected chi connectivity index (χ4v) is 4.04. The molecule has 1 amide bonds. The second-order valence-electron chi connectivity index (χ2n) is 7.30. The van der Waals surface area contributed by atoms with Crippen LogP contribution in [0.2, 0.25) is 0 Å². The summed E-state index contributed by atoms with van der Waals surface area (Å²) < 4.78 is 28.5. The van der Waals surface area contributed by atoms with Gasteiger partial charge < -0.3 is 5.32 Å². The van der Waals surface area contributed by atoms with Crippen LogP contribution in [0.25, 0.3) is 11.0 Å². The summed E-state index contributed by atoms with van der Waals surface area (Å²) in [7, 11) is -2.44. The first-order valence-electron chi connectivity index (χ1n) is 9.32. The quantitative estimate of drug-likeness (QED) is 0.638. The zero-order valence-electron chi connectivity index (χ0n) is 17.0. The molecule has 0 saturated carbocycles. The lowest BCUT2D eigenvalue weighted by Crippen LogP contribution is -2.38. The molecule has 0 unspecified atom stereocenters. The Labute approximate surface area is 170 Å². The van der Waals surface area contributed by atoms with Gasteiger partial charge in [-0.15, -0.1) is 5.10 Å². The Balaban J connectivity index is 1.69. The Morgan fingerprint density at radius 2 is 1.86 bits per heavy atom. The van der Waals surface area contributed by atoms with Crippen LogP contribution in [0.15, 0.2) is 47.4 Å². The number of amides is 1. The van der Waals surface area contributed by atoms with Gasteiger partial charge in [0.05, 0.1) is 17.0 Å². The predicted molar refractivity (Wildman–Crippen MR) is 111 cm³/mol. The number of hydrogen-bond acceptors (Lipinski definition) is 5. The predicted octanol–water partition coefficient (Wildman–Crippen LogP) is 2.26. The van der Waals surface area contributed by atoms with E-state index in [4.69, 9.17) is 0 Å². The van der Waals surface area contributed by atoms with Crippen molar-refractivity contribution >= 4 is 27.0 Å². The number of sulfonamides is 1. The van der Waals surface area contributed by atoms with Crippen LogP contribution in [0.4, 0.5) is 0 Å². The molecule has 154 valence electrons. The number of aromatic nitrogens is 3. The molecular weight excluding hydrogens is 390 g/mol. The summed E-state index contributed by atoms with van der Waals surface area (Å²) in [5.41, 5.74) is 3.35. The van der Waals surface area contributed by atoms with E-state index in [0.29, 0.717) is 12.1 Å². The number of benzene rings is 2. The average molecular weight is 416 g/mol. The number of nitrogens with one attached hydrogen (secondary N) is 1. The Morgan fingerprint density at radius 3 is 2.52 bits per heavy atom. The van der Waals surface area contributed by atoms with Gasteiger partial charge in [0.25, 0.3) is 0 Å². The number of aryl methyl sites for hydroxylation is 1. The third-order valence-electron chi connectivity index (χ3n) is 4.62. The first-order chi connectivity index (χ1) is 13.7. The van der Waals surface area contributed by atoms with Gasteiger partial charge in [0.2, 0.25) is 15.9 Å². The molecule has 29 heavy (non-hydrogen) atoms. The standard InChI is InChI=1S/C20H25N5O3S/c1-14(2)25-19-10-9-17(11-18(19)22-23-25)29(27,28)24(4)13-20(26)21-12-16-7-5-15(3)6-8-16/h5-11,14H,12-13H2,1-4H3,(H,21,26). The SMILES string of the molecule is Cc1ccc(CNC(=O)CN(C)S(=O)(=O)c2ccc3c(c2)nnn3C(C)C)cc1. The minimum absolute atomic E-state index is 0.0784. The molecule has 0 aliphatic rings. The molecule has 1 aromatic heterocycles. The van der Waals surface area contributed by atoms with Crippen LogP contribution in [-0.2, 0) is 21.4 Å². The van der Waals surface area contributed by atoms with E-state index in [9.17, 15) is 13.2 Å². The molecule has 9 heteroatoms. The van der Waals surface area contributed by atoms with Gasteiger partial charge in [-0.25, -0.2) is 13.1 Å². The van der Waals surface area contributed by atoms with Crippen LogP contribution >= 0.6 is 0 Å². The minimum atomic E-state index is -3.83. The highest BCUT2D eigenvalue weighted by atomic mass is 32.2. The maximum Gasteiger partial charge on any atom is 0.243 e. The van der Waals surface area contributed by atoms with Gasteiger partial charge in [0.1, 0.15) is 5.52 Å². The number of fused-ring (bicyclic) bond motifs is 1. The Hall–Kier alpha value is -2.78. The fourth-order valence-electron chi connectivity index (χ4n) is 2.89. The van der Waals surface area contributed by atoms with E-state index in [-0.39, 0.29) is 23.4 Å². The monoisotopic (exact) mass is 415 g/mol. The lowest BCUT2D eigenvalue weighted by Gasteiger charge is -2.17. The van der Waals surface area contributed by atoms with Gasteiger partial charge in [-0.1, -0.05) is 35.0 Å². The zero-order chi connectivity index (χ0) is 21.2. The summed E-state index contributed by atoms with van der Waals surface area (Å²) >= 11 is 0. The molecule has 1 heterocycles. The zero-order valence-corrected chi connectivity index (χ0v) is 17.8. The van der Waals surface area contributed by atoms with Crippen LogP contribution in [0.5, 0.6) is 0 Å². The summed E-state index contributed by atoms with van der Waals surface area (Å²) in [6.45, 7) is 6.01. The molecule has 0 aliphatic carbocycles. The Morgan fingerprint density at radius 1 is 1.17 bits per heavy atom. The fraction of sp³-hybridized carbons (Fsp3) is 0.350. The third-order valence-corrected chi connectivity index (χ3v) is 6.42. The lowest BCUT2D eigenvalue weighted by molar-refractivity contribution is -0.121. The Bertz CT molecular complexity index is 1120. The van der Waals surface area contributed by atoms with Crippen molar-refractivity contribution in [2.24, 2.45) is 0 Å². The van der Waals surface area contributed by atoms with Gasteiger partial charge in [0, 0.05) is 19.6 Å². The second kappa shape index (κ2) is 8.30. The van der Waals surface area contributed by atoms with Gasteiger partial charge in [0.15, 0.2) is 0 Å². The van der Waals surface area contributed by atoms with E-state index in [1.807, 2.05) is 45.0 Å². The summed E-state index contributed by atoms with van der Waals surface area (Å²) in [5, 5.41) is 10.9. The molecule has 3 aromatic rings. The van der Waals surface area contributed by atoms with E-state index < -0.39 is 10.0 Å². The van der Waals surface area contributed by atoms with E-state index in [0.717, 1.165) is 20.9 Å². The van der Waals surface area contributed by atoms with E-state index in [1.165, 1.54) is 19.2 Å². The van der Waals surface area contributed by atoms with E-state index >= 15 is 0 Å². The first-order valence-corrected chi connectivity index (χ1v) is 10.8. The summed E-state index contributed by atoms with van der Waals surface area (Å²) in [5.74, 6) is -0.372. The molecule has 0 aliphatic heterocycles. The molecular formula is C20H25N5O3S. The largest absolute Gasteiger partial charge is 0.351 e. The van der Waals surface area contributed by atoms with Gasteiger partial charge in [-0.05, 0) is 44.5 Å². The summed E-state index contributed by atoms with van der Waals surface area (Å²) in [6.07, 6.45) is 0. The molecule has 0 saturated heterocycles. The molecule has 0 bridgehead atoms. The number of carbonyl (C=O) groups is 1. The van der Waals surface area contributed by atoms with Crippen molar-refractivity contribution in [1.82, 2.24) is 24.6 Å². The van der Waals surface area contributed by atoms with Crippen LogP contribution in [-0.4, -0.2) is 47.2 Å². The van der Waals surface area contributed by atoms with Crippen LogP contribution in [0.3, 0.4) is 0 Å². The molecule has 1 N–H and O–H groups in total. The lowest BCUT2D eigenvalue weighted by atomic mass is 10.1. The van der Waals surface area contributed by atoms with Crippen molar-refractivity contribution in [2.75, 3.05) is 13.6 Å². The van der Waals surface area contributed by atoms with Crippen LogP contribution in [0.1, 0.15) is 31.0 Å². The maximum atomic E-state index is 12.9. The Kier molecular flexibility index (Phi) is 5.99. The van der Waals surface area contributed by atoms with E-state index in [1.54, 1.807) is 10.7 Å². The topological polar surface area (TPSA) is 97.2 Å². The summed E-state index contributed by atoms with van der Waals surface area (Å²) in [6, 6.07) is 12.6. The summed E-state index contributed by atoms with van der Waals surface area (Å²) in [4.78, 5) is 12.3. The van der Waals surface area contributed by atoms with Gasteiger partial charge >= 0.3 is 0 Å². The highest BCUT2D eigenvalue weighted by Gasteiger charge is 2.24. The number of carbonyl (C=O) groups excluding carboxylic acids is 1. The normalized spacial score (nSPS) is 12.1. The molecule has 0 radical (unpaired) electrons. The molecule has 2 aromatic carbocycles. The van der Waals surface area contributed by atoms with Gasteiger partial charge in [-0.2, -0.15) is 4.31 Å². The van der Waals surface area contributed by atoms with Crippen LogP contribution < -0.4 is 5.32 Å². The van der Waals surface area contributed by atoms with Crippen molar-refractivity contribution in [1.29, 1.82) is 0 Å². The number of hydrogen-bond donors (Lipinski definition) is 1. The molecule has 8 nitrogen and oxygen atoms in total. The highest BCUT2D eigenvalue weighted by molar-refractivity contribution is 7.89. The molecule has 0 fully saturated rings. The van der Waals surface area contributed by atoms with Gasteiger partial charge in [-0.3, -0.25) is 4.79 Å². The van der Waals surface area contributed by atoms with Crippen molar-refractivity contribution in [3.05, 3.63) is 53.6 Å². The molecule has 3 rings (SSSR count). The van der Waals surface area contributed by atoms with Crippen LogP contribution in [0, 0.1) is 6.92 Å². The van der Waals surface area contributed by atoms with Crippen molar-refractivity contribution in [3.63, 3.8) is 0 Å². The average Bonchev–Trinajstić information content (AvgIpc) is 3.11.